The molecule has 0 fully saturated rings. The zero-order valence-electron chi connectivity index (χ0n) is 17.3. The fourth-order valence-electron chi connectivity index (χ4n) is 3.03. The third-order valence-electron chi connectivity index (χ3n) is 4.70. The molecule has 0 atom stereocenters. The van der Waals surface area contributed by atoms with E-state index in [-0.39, 0.29) is 5.75 Å². The number of nitrogens with zero attached hydrogens (tertiary/aromatic N) is 3. The van der Waals surface area contributed by atoms with E-state index < -0.39 is 0 Å². The number of aryl methyl sites for hydroxylation is 1. The Hall–Kier alpha value is -4.19. The number of hydrazone groups is 1. The van der Waals surface area contributed by atoms with Crippen LogP contribution in [0.5, 0.6) is 11.5 Å². The molecule has 0 aliphatic carbocycles. The Morgan fingerprint density at radius 1 is 1.00 bits per heavy atom. The standard InChI is InChI=1S/C25H22N4O2/c1-17-7-11-20(12-8-17)27-25(22-13-10-19-5-3-4-6-21(19)28-22)29-26-16-18-9-14-23(30)24(15-18)31-2/h3-16,30H,1-2H3,(H,27,29)/b26-16-. The molecule has 6 heteroatoms. The van der Waals surface area contributed by atoms with E-state index in [1.165, 1.54) is 7.11 Å². The molecule has 2 N–H and O–H groups in total. The van der Waals surface area contributed by atoms with Crippen molar-refractivity contribution in [2.75, 3.05) is 7.11 Å². The van der Waals surface area contributed by atoms with Crippen LogP contribution >= 0.6 is 0 Å². The van der Waals surface area contributed by atoms with Gasteiger partial charge in [-0.3, -0.25) is 5.43 Å². The maximum absolute atomic E-state index is 9.75. The number of pyridine rings is 1. The van der Waals surface area contributed by atoms with Crippen LogP contribution in [0.3, 0.4) is 0 Å². The fourth-order valence-corrected chi connectivity index (χ4v) is 3.03. The highest BCUT2D eigenvalue weighted by Crippen LogP contribution is 2.25. The van der Waals surface area contributed by atoms with Crippen LogP contribution in [0.4, 0.5) is 5.69 Å². The highest BCUT2D eigenvalue weighted by Gasteiger charge is 2.07. The average Bonchev–Trinajstić information content (AvgIpc) is 2.80. The van der Waals surface area contributed by atoms with Crippen LogP contribution in [0.1, 0.15) is 16.8 Å². The number of benzene rings is 3. The van der Waals surface area contributed by atoms with Gasteiger partial charge in [0.1, 0.15) is 5.69 Å². The monoisotopic (exact) mass is 410 g/mol. The first-order chi connectivity index (χ1) is 15.1. The van der Waals surface area contributed by atoms with Gasteiger partial charge in [-0.25, -0.2) is 9.98 Å². The van der Waals surface area contributed by atoms with Crippen molar-refractivity contribution >= 4 is 28.6 Å². The maximum atomic E-state index is 9.75. The van der Waals surface area contributed by atoms with Crippen LogP contribution in [0.25, 0.3) is 10.9 Å². The van der Waals surface area contributed by atoms with Gasteiger partial charge >= 0.3 is 0 Å². The average molecular weight is 410 g/mol. The van der Waals surface area contributed by atoms with E-state index in [2.05, 4.69) is 10.5 Å². The molecule has 0 saturated carbocycles. The number of amidine groups is 1. The number of fused-ring (bicyclic) bond motifs is 1. The summed E-state index contributed by atoms with van der Waals surface area (Å²) in [6.07, 6.45) is 1.63. The summed E-state index contributed by atoms with van der Waals surface area (Å²) in [4.78, 5) is 9.45. The Kier molecular flexibility index (Phi) is 5.89. The number of aliphatic imine (C=N–C) groups is 1. The molecule has 0 aliphatic heterocycles. The molecule has 1 aromatic heterocycles. The fraction of sp³-hybridized carbons (Fsp3) is 0.0800. The van der Waals surface area contributed by atoms with E-state index in [1.54, 1.807) is 24.4 Å². The Balaban J connectivity index is 1.67. The molecule has 0 amide bonds. The SMILES string of the molecule is COc1cc(/C=N\NC(=Nc2ccc(C)cc2)c2ccc3ccccc3n2)ccc1O. The smallest absolute Gasteiger partial charge is 0.173 e. The minimum absolute atomic E-state index is 0.0783. The van der Waals surface area contributed by atoms with Gasteiger partial charge in [0.2, 0.25) is 0 Å². The number of phenols is 1. The Bertz CT molecular complexity index is 1260. The third kappa shape index (κ3) is 4.87. The molecule has 154 valence electrons. The van der Waals surface area contributed by atoms with Gasteiger partial charge in [0, 0.05) is 5.39 Å². The summed E-state index contributed by atoms with van der Waals surface area (Å²) in [5, 5.41) is 15.1. The summed E-state index contributed by atoms with van der Waals surface area (Å²) in [5.41, 5.74) is 7.30. The lowest BCUT2D eigenvalue weighted by Gasteiger charge is -2.08. The van der Waals surface area contributed by atoms with Gasteiger partial charge in [0.15, 0.2) is 17.3 Å². The van der Waals surface area contributed by atoms with Gasteiger partial charge in [-0.05, 0) is 55.0 Å². The normalized spacial score (nSPS) is 11.7. The second-order valence-corrected chi connectivity index (χ2v) is 6.99. The van der Waals surface area contributed by atoms with Crippen LogP contribution in [-0.2, 0) is 0 Å². The molecule has 0 radical (unpaired) electrons. The van der Waals surface area contributed by atoms with Crippen LogP contribution in [-0.4, -0.2) is 29.3 Å². The number of nitrogens with one attached hydrogen (secondary N) is 1. The molecule has 6 nitrogen and oxygen atoms in total. The van der Waals surface area contributed by atoms with Gasteiger partial charge < -0.3 is 9.84 Å². The highest BCUT2D eigenvalue weighted by atomic mass is 16.5. The van der Waals surface area contributed by atoms with Crippen molar-refractivity contribution in [1.29, 1.82) is 0 Å². The molecule has 1 heterocycles. The van der Waals surface area contributed by atoms with Crippen LogP contribution < -0.4 is 10.2 Å². The number of aromatic hydroxyl groups is 1. The molecule has 31 heavy (non-hydrogen) atoms. The van der Waals surface area contributed by atoms with Crippen molar-refractivity contribution in [3.05, 3.63) is 95.7 Å². The molecule has 0 spiro atoms. The van der Waals surface area contributed by atoms with Crippen molar-refractivity contribution in [2.24, 2.45) is 10.1 Å². The van der Waals surface area contributed by atoms with Crippen LogP contribution in [0.15, 0.2) is 89.0 Å². The number of phenolic OH excluding ortho intramolecular Hbond substituents is 1. The van der Waals surface area contributed by atoms with Crippen molar-refractivity contribution < 1.29 is 9.84 Å². The molecule has 0 bridgehead atoms. The van der Waals surface area contributed by atoms with Crippen molar-refractivity contribution in [3.63, 3.8) is 0 Å². The number of aromatic nitrogens is 1. The Labute approximate surface area is 180 Å². The van der Waals surface area contributed by atoms with E-state index in [0.717, 1.165) is 27.7 Å². The van der Waals surface area contributed by atoms with Gasteiger partial charge in [0.05, 0.1) is 24.5 Å². The van der Waals surface area contributed by atoms with E-state index in [4.69, 9.17) is 14.7 Å². The number of hydrogen-bond acceptors (Lipinski definition) is 5. The van der Waals surface area contributed by atoms with E-state index in [0.29, 0.717) is 17.3 Å². The zero-order chi connectivity index (χ0) is 21.6. The molecular weight excluding hydrogens is 388 g/mol. The first-order valence-electron chi connectivity index (χ1n) is 9.80. The lowest BCUT2D eigenvalue weighted by atomic mass is 10.2. The van der Waals surface area contributed by atoms with Crippen LogP contribution in [0.2, 0.25) is 0 Å². The zero-order valence-corrected chi connectivity index (χ0v) is 17.3. The van der Waals surface area contributed by atoms with Gasteiger partial charge in [0.25, 0.3) is 0 Å². The first kappa shape index (κ1) is 20.1. The molecule has 4 aromatic rings. The molecule has 0 unspecified atom stereocenters. The van der Waals surface area contributed by atoms with Crippen molar-refractivity contribution in [3.8, 4) is 11.5 Å². The predicted molar refractivity (Wildman–Crippen MR) is 125 cm³/mol. The maximum Gasteiger partial charge on any atom is 0.173 e. The van der Waals surface area contributed by atoms with Gasteiger partial charge in [-0.1, -0.05) is 42.0 Å². The molecule has 0 saturated heterocycles. The Morgan fingerprint density at radius 2 is 1.81 bits per heavy atom. The minimum Gasteiger partial charge on any atom is -0.504 e. The van der Waals surface area contributed by atoms with E-state index in [1.807, 2.05) is 67.6 Å². The highest BCUT2D eigenvalue weighted by molar-refractivity contribution is 6.00. The van der Waals surface area contributed by atoms with Crippen LogP contribution in [0, 0.1) is 6.92 Å². The number of rotatable bonds is 5. The largest absolute Gasteiger partial charge is 0.504 e. The predicted octanol–water partition coefficient (Wildman–Crippen LogP) is 4.96. The van der Waals surface area contributed by atoms with Gasteiger partial charge in [-0.2, -0.15) is 5.10 Å². The number of para-hydroxylation sites is 1. The molecule has 4 rings (SSSR count). The number of hydrogen-bond donors (Lipinski definition) is 2. The van der Waals surface area contributed by atoms with E-state index >= 15 is 0 Å². The molecule has 0 aliphatic rings. The number of ether oxygens (including phenoxy) is 1. The summed E-state index contributed by atoms with van der Waals surface area (Å²) in [6, 6.07) is 24.8. The summed E-state index contributed by atoms with van der Waals surface area (Å²) in [6.45, 7) is 2.04. The first-order valence-corrected chi connectivity index (χ1v) is 9.80. The summed E-state index contributed by atoms with van der Waals surface area (Å²) in [5.74, 6) is 0.986. The van der Waals surface area contributed by atoms with Crippen molar-refractivity contribution in [1.82, 2.24) is 10.4 Å². The summed E-state index contributed by atoms with van der Waals surface area (Å²) < 4.78 is 5.15. The molecule has 3 aromatic carbocycles. The van der Waals surface area contributed by atoms with Gasteiger partial charge in [-0.15, -0.1) is 0 Å². The molecular formula is C25H22N4O2. The second kappa shape index (κ2) is 9.09. The quantitative estimate of drug-likeness (QED) is 0.277. The summed E-state index contributed by atoms with van der Waals surface area (Å²) in [7, 11) is 1.51. The minimum atomic E-state index is 0.0783. The lowest BCUT2D eigenvalue weighted by molar-refractivity contribution is 0.373. The lowest BCUT2D eigenvalue weighted by Crippen LogP contribution is -2.20. The Morgan fingerprint density at radius 3 is 2.61 bits per heavy atom. The second-order valence-electron chi connectivity index (χ2n) is 6.99. The summed E-state index contributed by atoms with van der Waals surface area (Å²) >= 11 is 0. The number of methoxy groups -OCH3 is 1. The third-order valence-corrected chi connectivity index (χ3v) is 4.70. The van der Waals surface area contributed by atoms with Crippen molar-refractivity contribution in [2.45, 2.75) is 6.92 Å². The van der Waals surface area contributed by atoms with E-state index in [9.17, 15) is 5.11 Å². The topological polar surface area (TPSA) is 79.1 Å².